The van der Waals surface area contributed by atoms with Crippen molar-refractivity contribution in [2.24, 2.45) is 0 Å². The lowest BCUT2D eigenvalue weighted by Gasteiger charge is -2.07. The Kier molecular flexibility index (Phi) is 2.71. The molecule has 0 aliphatic rings. The van der Waals surface area contributed by atoms with Crippen molar-refractivity contribution in [3.8, 4) is 0 Å². The van der Waals surface area contributed by atoms with Crippen LogP contribution in [0.5, 0.6) is 0 Å². The Morgan fingerprint density at radius 3 is 2.58 bits per heavy atom. The highest BCUT2D eigenvalue weighted by atomic mass is 16.1. The second-order valence-electron chi connectivity index (χ2n) is 4.68. The second-order valence-corrected chi connectivity index (χ2v) is 4.68. The largest absolute Gasteiger partial charge is 0.308 e. The summed E-state index contributed by atoms with van der Waals surface area (Å²) in [6.45, 7) is 4.36. The summed E-state index contributed by atoms with van der Waals surface area (Å²) in [6, 6.07) is 9.97. The summed E-state index contributed by atoms with van der Waals surface area (Å²) in [5.41, 5.74) is 2.56. The lowest BCUT2D eigenvalue weighted by atomic mass is 10.2. The van der Waals surface area contributed by atoms with Crippen LogP contribution in [0, 0.1) is 13.8 Å². The van der Waals surface area contributed by atoms with Crippen LogP contribution in [-0.2, 0) is 6.54 Å². The zero-order valence-corrected chi connectivity index (χ0v) is 11.0. The zero-order chi connectivity index (χ0) is 13.4. The molecule has 0 spiro atoms. The number of rotatable bonds is 2. The molecule has 3 rings (SSSR count). The van der Waals surface area contributed by atoms with Gasteiger partial charge in [-0.15, -0.1) is 0 Å². The topological polar surface area (TPSA) is 39.3 Å². The molecule has 0 unspecified atom stereocenters. The van der Waals surface area contributed by atoms with Gasteiger partial charge in [0.2, 0.25) is 0 Å². The van der Waals surface area contributed by atoms with Gasteiger partial charge in [-0.2, -0.15) is 0 Å². The molecule has 0 N–H and O–H groups in total. The summed E-state index contributed by atoms with van der Waals surface area (Å²) in [5.74, 6) is 0.844. The van der Waals surface area contributed by atoms with Gasteiger partial charge in [0.05, 0.1) is 12.2 Å². The van der Waals surface area contributed by atoms with Crippen molar-refractivity contribution in [3.05, 3.63) is 70.2 Å². The number of benzene rings is 1. The number of fused-ring (bicyclic) bond motifs is 1. The van der Waals surface area contributed by atoms with E-state index in [2.05, 4.69) is 4.98 Å². The maximum absolute atomic E-state index is 12.5. The lowest BCUT2D eigenvalue weighted by molar-refractivity contribution is 0.751. The van der Waals surface area contributed by atoms with Gasteiger partial charge in [-0.3, -0.25) is 9.20 Å². The van der Waals surface area contributed by atoms with Gasteiger partial charge in [-0.05, 0) is 19.4 Å². The van der Waals surface area contributed by atoms with Gasteiger partial charge in [0.15, 0.2) is 0 Å². The Bertz CT molecular complexity index is 784. The van der Waals surface area contributed by atoms with Crippen LogP contribution in [0.25, 0.3) is 5.52 Å². The molecular formula is C15H15N3O. The minimum Gasteiger partial charge on any atom is -0.308 e. The molecular weight excluding hydrogens is 238 g/mol. The van der Waals surface area contributed by atoms with Crippen LogP contribution in [-0.4, -0.2) is 14.0 Å². The number of imidazole rings is 1. The van der Waals surface area contributed by atoms with Crippen molar-refractivity contribution in [1.29, 1.82) is 0 Å². The lowest BCUT2D eigenvalue weighted by Crippen LogP contribution is -2.22. The van der Waals surface area contributed by atoms with Crippen LogP contribution in [0.2, 0.25) is 0 Å². The maximum atomic E-state index is 12.5. The first-order valence-corrected chi connectivity index (χ1v) is 6.25. The number of aryl methyl sites for hydroxylation is 2. The van der Waals surface area contributed by atoms with E-state index in [1.165, 1.54) is 0 Å². The Labute approximate surface area is 111 Å². The molecule has 2 heterocycles. The number of nitrogens with zero attached hydrogens (tertiary/aromatic N) is 3. The molecule has 0 amide bonds. The van der Waals surface area contributed by atoms with Gasteiger partial charge < -0.3 is 4.57 Å². The molecule has 4 heteroatoms. The van der Waals surface area contributed by atoms with Gasteiger partial charge in [0.1, 0.15) is 11.3 Å². The van der Waals surface area contributed by atoms with Gasteiger partial charge in [0.25, 0.3) is 5.56 Å². The second kappa shape index (κ2) is 4.39. The van der Waals surface area contributed by atoms with E-state index in [9.17, 15) is 4.79 Å². The molecule has 2 aromatic heterocycles. The molecule has 0 saturated carbocycles. The molecule has 1 aromatic carbocycles. The smallest absolute Gasteiger partial charge is 0.277 e. The standard InChI is InChI=1S/C15H15N3O/c1-11-14-15(19)17(8-9-18(14)12(2)16-11)10-13-6-4-3-5-7-13/h3-9H,10H2,1-2H3. The van der Waals surface area contributed by atoms with E-state index in [0.29, 0.717) is 12.1 Å². The van der Waals surface area contributed by atoms with Crippen molar-refractivity contribution < 1.29 is 0 Å². The van der Waals surface area contributed by atoms with E-state index in [0.717, 1.165) is 17.1 Å². The molecule has 19 heavy (non-hydrogen) atoms. The summed E-state index contributed by atoms with van der Waals surface area (Å²) in [6.07, 6.45) is 3.71. The highest BCUT2D eigenvalue weighted by molar-refractivity contribution is 5.50. The molecule has 96 valence electrons. The van der Waals surface area contributed by atoms with Gasteiger partial charge >= 0.3 is 0 Å². The summed E-state index contributed by atoms with van der Waals surface area (Å²) in [4.78, 5) is 16.8. The summed E-state index contributed by atoms with van der Waals surface area (Å²) < 4.78 is 3.57. The molecule has 0 atom stereocenters. The Balaban J connectivity index is 2.13. The third-order valence-corrected chi connectivity index (χ3v) is 3.32. The van der Waals surface area contributed by atoms with E-state index < -0.39 is 0 Å². The van der Waals surface area contributed by atoms with E-state index in [-0.39, 0.29) is 5.56 Å². The van der Waals surface area contributed by atoms with Crippen LogP contribution in [0.3, 0.4) is 0 Å². The van der Waals surface area contributed by atoms with Crippen LogP contribution in [0.15, 0.2) is 47.5 Å². The van der Waals surface area contributed by atoms with Crippen LogP contribution in [0.4, 0.5) is 0 Å². The highest BCUT2D eigenvalue weighted by Gasteiger charge is 2.10. The Hall–Kier alpha value is -2.36. The van der Waals surface area contributed by atoms with Crippen LogP contribution in [0.1, 0.15) is 17.1 Å². The fourth-order valence-electron chi connectivity index (χ4n) is 2.38. The number of hydrogen-bond acceptors (Lipinski definition) is 2. The quantitative estimate of drug-likeness (QED) is 0.702. The number of aromatic nitrogens is 3. The monoisotopic (exact) mass is 253 g/mol. The SMILES string of the molecule is Cc1nc(C)n2ccn(Cc3ccccc3)c(=O)c12. The average Bonchev–Trinajstić information content (AvgIpc) is 2.70. The predicted molar refractivity (Wildman–Crippen MR) is 74.5 cm³/mol. The zero-order valence-electron chi connectivity index (χ0n) is 11.0. The molecule has 0 saturated heterocycles. The summed E-state index contributed by atoms with van der Waals surface area (Å²) >= 11 is 0. The summed E-state index contributed by atoms with van der Waals surface area (Å²) in [7, 11) is 0. The normalized spacial score (nSPS) is 11.1. The molecule has 4 nitrogen and oxygen atoms in total. The van der Waals surface area contributed by atoms with E-state index >= 15 is 0 Å². The van der Waals surface area contributed by atoms with Crippen LogP contribution >= 0.6 is 0 Å². The Morgan fingerprint density at radius 1 is 1.11 bits per heavy atom. The number of hydrogen-bond donors (Lipinski definition) is 0. The third kappa shape index (κ3) is 1.95. The van der Waals surface area contributed by atoms with Crippen LogP contribution < -0.4 is 5.56 Å². The molecule has 0 radical (unpaired) electrons. The maximum Gasteiger partial charge on any atom is 0.277 e. The van der Waals surface area contributed by atoms with E-state index in [4.69, 9.17) is 0 Å². The minimum atomic E-state index is 0.00412. The van der Waals surface area contributed by atoms with E-state index in [1.807, 2.05) is 61.0 Å². The van der Waals surface area contributed by atoms with Crippen molar-refractivity contribution in [2.75, 3.05) is 0 Å². The van der Waals surface area contributed by atoms with Crippen molar-refractivity contribution in [1.82, 2.24) is 14.0 Å². The summed E-state index contributed by atoms with van der Waals surface area (Å²) in [5, 5.41) is 0. The molecule has 0 bridgehead atoms. The minimum absolute atomic E-state index is 0.00412. The molecule has 0 fully saturated rings. The van der Waals surface area contributed by atoms with Crippen molar-refractivity contribution in [3.63, 3.8) is 0 Å². The van der Waals surface area contributed by atoms with Crippen molar-refractivity contribution >= 4 is 5.52 Å². The predicted octanol–water partition coefficient (Wildman–Crippen LogP) is 2.16. The van der Waals surface area contributed by atoms with Gasteiger partial charge in [-0.1, -0.05) is 30.3 Å². The highest BCUT2D eigenvalue weighted by Crippen LogP contribution is 2.08. The average molecular weight is 253 g/mol. The fourth-order valence-corrected chi connectivity index (χ4v) is 2.38. The van der Waals surface area contributed by atoms with Gasteiger partial charge in [0, 0.05) is 12.4 Å². The third-order valence-electron chi connectivity index (χ3n) is 3.32. The molecule has 3 aromatic rings. The van der Waals surface area contributed by atoms with Gasteiger partial charge in [-0.25, -0.2) is 4.98 Å². The van der Waals surface area contributed by atoms with E-state index in [1.54, 1.807) is 4.57 Å². The fraction of sp³-hybridized carbons (Fsp3) is 0.200. The van der Waals surface area contributed by atoms with Crippen molar-refractivity contribution in [2.45, 2.75) is 20.4 Å². The first-order chi connectivity index (χ1) is 9.16. The first kappa shape index (κ1) is 11.7. The molecule has 0 aliphatic heterocycles. The Morgan fingerprint density at radius 2 is 1.84 bits per heavy atom. The molecule has 0 aliphatic carbocycles. The first-order valence-electron chi connectivity index (χ1n) is 6.25.